The molecule has 2 N–H and O–H groups in total. The van der Waals surface area contributed by atoms with Crippen LogP contribution >= 0.6 is 12.2 Å². The number of ether oxygens (including phenoxy) is 2. The van der Waals surface area contributed by atoms with Crippen molar-refractivity contribution in [2.24, 2.45) is 0 Å². The Hall–Kier alpha value is -1.66. The summed E-state index contributed by atoms with van der Waals surface area (Å²) in [5, 5.41) is 6.02. The normalized spacial score (nSPS) is 18.3. The molecule has 1 fully saturated rings. The fourth-order valence-electron chi connectivity index (χ4n) is 2.23. The Bertz CT molecular complexity index is 527. The molecule has 0 radical (unpaired) electrons. The Labute approximate surface area is 142 Å². The van der Waals surface area contributed by atoms with Crippen molar-refractivity contribution in [2.75, 3.05) is 13.2 Å². The molecule has 1 aromatic carbocycles. The molecule has 1 aliphatic rings. The molecule has 1 aliphatic heterocycles. The quantitative estimate of drug-likeness (QED) is 0.782. The number of hydrogen-bond donors (Lipinski definition) is 2. The van der Waals surface area contributed by atoms with E-state index in [1.807, 2.05) is 6.92 Å². The van der Waals surface area contributed by atoms with Crippen LogP contribution in [0.3, 0.4) is 0 Å². The molecule has 0 bridgehead atoms. The molecule has 2 atom stereocenters. The van der Waals surface area contributed by atoms with Crippen LogP contribution in [0.4, 0.5) is 0 Å². The van der Waals surface area contributed by atoms with E-state index in [1.54, 1.807) is 24.3 Å². The van der Waals surface area contributed by atoms with Crippen molar-refractivity contribution in [2.45, 2.75) is 45.3 Å². The summed E-state index contributed by atoms with van der Waals surface area (Å²) in [5.41, 5.74) is 0.544. The highest BCUT2D eigenvalue weighted by molar-refractivity contribution is 7.80. The van der Waals surface area contributed by atoms with Gasteiger partial charge in [-0.15, -0.1) is 0 Å². The standard InChI is InChI=1S/C17H24N2O3S/c1-3-12(2)22-14-8-6-13(7-9-14)16(20)19-17(23)18-11-15-5-4-10-21-15/h6-9,12,15H,3-5,10-11H2,1-2H3,(H2,18,19,20,23). The van der Waals surface area contributed by atoms with Gasteiger partial charge in [-0.25, -0.2) is 0 Å². The zero-order chi connectivity index (χ0) is 16.7. The van der Waals surface area contributed by atoms with E-state index < -0.39 is 0 Å². The van der Waals surface area contributed by atoms with Gasteiger partial charge in [0.15, 0.2) is 5.11 Å². The Morgan fingerprint density at radius 1 is 1.43 bits per heavy atom. The summed E-state index contributed by atoms with van der Waals surface area (Å²) < 4.78 is 11.2. The summed E-state index contributed by atoms with van der Waals surface area (Å²) in [6.45, 7) is 5.51. The van der Waals surface area contributed by atoms with Crippen LogP contribution in [0.2, 0.25) is 0 Å². The molecule has 1 heterocycles. The topological polar surface area (TPSA) is 59.6 Å². The van der Waals surface area contributed by atoms with E-state index in [9.17, 15) is 4.79 Å². The van der Waals surface area contributed by atoms with Crippen molar-refractivity contribution in [1.82, 2.24) is 10.6 Å². The number of hydrogen-bond acceptors (Lipinski definition) is 4. The Morgan fingerprint density at radius 3 is 2.78 bits per heavy atom. The molecule has 1 amide bonds. The molecule has 126 valence electrons. The van der Waals surface area contributed by atoms with Gasteiger partial charge >= 0.3 is 0 Å². The minimum atomic E-state index is -0.232. The second-order valence-corrected chi connectivity index (χ2v) is 6.07. The lowest BCUT2D eigenvalue weighted by atomic mass is 10.2. The number of thiocarbonyl (C=S) groups is 1. The van der Waals surface area contributed by atoms with Crippen molar-refractivity contribution < 1.29 is 14.3 Å². The number of carbonyl (C=O) groups is 1. The maximum atomic E-state index is 12.1. The monoisotopic (exact) mass is 336 g/mol. The molecule has 0 aromatic heterocycles. The van der Waals surface area contributed by atoms with E-state index in [2.05, 4.69) is 17.6 Å². The molecule has 23 heavy (non-hydrogen) atoms. The second kappa shape index (κ2) is 8.84. The zero-order valence-corrected chi connectivity index (χ0v) is 14.4. The van der Waals surface area contributed by atoms with Crippen LogP contribution in [0.25, 0.3) is 0 Å². The van der Waals surface area contributed by atoms with E-state index in [4.69, 9.17) is 21.7 Å². The van der Waals surface area contributed by atoms with Crippen molar-refractivity contribution >= 4 is 23.2 Å². The largest absolute Gasteiger partial charge is 0.491 e. The van der Waals surface area contributed by atoms with E-state index in [1.165, 1.54) is 0 Å². The van der Waals surface area contributed by atoms with Gasteiger partial charge in [-0.3, -0.25) is 10.1 Å². The third-order valence-electron chi connectivity index (χ3n) is 3.77. The molecule has 1 saturated heterocycles. The van der Waals surface area contributed by atoms with Gasteiger partial charge in [-0.1, -0.05) is 6.92 Å². The first-order chi connectivity index (χ1) is 11.1. The molecule has 0 aliphatic carbocycles. The highest BCUT2D eigenvalue weighted by Gasteiger charge is 2.16. The maximum Gasteiger partial charge on any atom is 0.257 e. The first-order valence-corrected chi connectivity index (χ1v) is 8.46. The van der Waals surface area contributed by atoms with Gasteiger partial charge in [0, 0.05) is 18.7 Å². The minimum absolute atomic E-state index is 0.157. The summed E-state index contributed by atoms with van der Waals surface area (Å²) in [4.78, 5) is 12.1. The highest BCUT2D eigenvalue weighted by atomic mass is 32.1. The average molecular weight is 336 g/mol. The summed E-state index contributed by atoms with van der Waals surface area (Å²) in [5.74, 6) is 0.528. The number of rotatable bonds is 6. The van der Waals surface area contributed by atoms with Crippen molar-refractivity contribution in [3.63, 3.8) is 0 Å². The van der Waals surface area contributed by atoms with Crippen molar-refractivity contribution in [3.8, 4) is 5.75 Å². The van der Waals surface area contributed by atoms with E-state index in [-0.39, 0.29) is 18.1 Å². The fraction of sp³-hybridized carbons (Fsp3) is 0.529. The molecular weight excluding hydrogens is 312 g/mol. The van der Waals surface area contributed by atoms with Gasteiger partial charge in [0.2, 0.25) is 0 Å². The highest BCUT2D eigenvalue weighted by Crippen LogP contribution is 2.15. The molecule has 1 aromatic rings. The second-order valence-electron chi connectivity index (χ2n) is 5.66. The Kier molecular flexibility index (Phi) is 6.80. The molecule has 6 heteroatoms. The predicted molar refractivity (Wildman–Crippen MR) is 93.9 cm³/mol. The number of nitrogens with one attached hydrogen (secondary N) is 2. The predicted octanol–water partition coefficient (Wildman–Crippen LogP) is 2.65. The summed E-state index contributed by atoms with van der Waals surface area (Å²) in [6, 6.07) is 7.05. The summed E-state index contributed by atoms with van der Waals surface area (Å²) in [6.07, 6.45) is 3.39. The lowest BCUT2D eigenvalue weighted by molar-refractivity contribution is 0.0973. The van der Waals surface area contributed by atoms with Crippen LogP contribution in [0, 0.1) is 0 Å². The molecular formula is C17H24N2O3S. The summed E-state index contributed by atoms with van der Waals surface area (Å²) >= 11 is 5.14. The summed E-state index contributed by atoms with van der Waals surface area (Å²) in [7, 11) is 0. The third kappa shape index (κ3) is 5.80. The molecule has 5 nitrogen and oxygen atoms in total. The van der Waals surface area contributed by atoms with E-state index >= 15 is 0 Å². The zero-order valence-electron chi connectivity index (χ0n) is 13.6. The smallest absolute Gasteiger partial charge is 0.257 e. The maximum absolute atomic E-state index is 12.1. The lowest BCUT2D eigenvalue weighted by Gasteiger charge is -2.14. The van der Waals surface area contributed by atoms with Crippen LogP contribution in [0.1, 0.15) is 43.5 Å². The van der Waals surface area contributed by atoms with Crippen LogP contribution in [0.15, 0.2) is 24.3 Å². The van der Waals surface area contributed by atoms with Gasteiger partial charge < -0.3 is 14.8 Å². The van der Waals surface area contributed by atoms with Crippen LogP contribution < -0.4 is 15.4 Å². The first kappa shape index (κ1) is 17.7. The van der Waals surface area contributed by atoms with Crippen molar-refractivity contribution in [1.29, 1.82) is 0 Å². The third-order valence-corrected chi connectivity index (χ3v) is 4.02. The molecule has 0 spiro atoms. The number of amides is 1. The molecule has 2 unspecified atom stereocenters. The van der Waals surface area contributed by atoms with Crippen LogP contribution in [0.5, 0.6) is 5.75 Å². The van der Waals surface area contributed by atoms with Crippen LogP contribution in [-0.4, -0.2) is 36.4 Å². The van der Waals surface area contributed by atoms with E-state index in [0.29, 0.717) is 17.2 Å². The Morgan fingerprint density at radius 2 is 2.17 bits per heavy atom. The van der Waals surface area contributed by atoms with Crippen molar-refractivity contribution in [3.05, 3.63) is 29.8 Å². The van der Waals surface area contributed by atoms with E-state index in [0.717, 1.165) is 31.6 Å². The number of carbonyl (C=O) groups excluding carboxylic acids is 1. The average Bonchev–Trinajstić information content (AvgIpc) is 3.07. The van der Waals surface area contributed by atoms with Crippen LogP contribution in [-0.2, 0) is 4.74 Å². The van der Waals surface area contributed by atoms with Gasteiger partial charge in [0.1, 0.15) is 5.75 Å². The number of benzene rings is 1. The minimum Gasteiger partial charge on any atom is -0.491 e. The van der Waals surface area contributed by atoms with Gasteiger partial charge in [-0.05, 0) is 62.7 Å². The fourth-order valence-corrected chi connectivity index (χ4v) is 2.41. The van der Waals surface area contributed by atoms with Gasteiger partial charge in [-0.2, -0.15) is 0 Å². The SMILES string of the molecule is CCC(C)Oc1ccc(C(=O)NC(=S)NCC2CCCO2)cc1. The molecule has 2 rings (SSSR count). The first-order valence-electron chi connectivity index (χ1n) is 8.06. The Balaban J connectivity index is 1.78. The molecule has 0 saturated carbocycles. The lowest BCUT2D eigenvalue weighted by Crippen LogP contribution is -2.42. The van der Waals surface area contributed by atoms with Gasteiger partial charge in [0.05, 0.1) is 12.2 Å². The van der Waals surface area contributed by atoms with Gasteiger partial charge in [0.25, 0.3) is 5.91 Å².